The van der Waals surface area contributed by atoms with E-state index in [1.54, 1.807) is 11.8 Å². The summed E-state index contributed by atoms with van der Waals surface area (Å²) in [4.78, 5) is 11.1. The van der Waals surface area contributed by atoms with Gasteiger partial charge in [0.15, 0.2) is 0 Å². The molecule has 0 aromatic rings. The van der Waals surface area contributed by atoms with E-state index >= 15 is 0 Å². The molecule has 0 aliphatic rings. The highest BCUT2D eigenvalue weighted by Crippen LogP contribution is 1.98. The van der Waals surface area contributed by atoms with Crippen LogP contribution in [0.2, 0.25) is 0 Å². The first-order valence-corrected chi connectivity index (χ1v) is 7.00. The number of esters is 1. The number of ether oxygens (including phenoxy) is 2. The van der Waals surface area contributed by atoms with Crippen molar-refractivity contribution in [1.29, 1.82) is 0 Å². The highest BCUT2D eigenvalue weighted by atomic mass is 32.2. The maximum atomic E-state index is 11.1. The summed E-state index contributed by atoms with van der Waals surface area (Å²) in [7, 11) is 0. The molecule has 0 rings (SSSR count). The first-order valence-electron chi connectivity index (χ1n) is 5.61. The van der Waals surface area contributed by atoms with Crippen molar-refractivity contribution in [3.8, 4) is 0 Å². The minimum atomic E-state index is -0.713. The topological polar surface area (TPSA) is 55.8 Å². The lowest BCUT2D eigenvalue weighted by Gasteiger charge is -2.11. The molecule has 0 saturated carbocycles. The number of hydrogen-bond acceptors (Lipinski definition) is 5. The van der Waals surface area contributed by atoms with Crippen molar-refractivity contribution in [2.45, 2.75) is 32.3 Å². The number of carbonyl (C=O) groups is 1. The van der Waals surface area contributed by atoms with Crippen LogP contribution >= 0.6 is 11.8 Å². The van der Waals surface area contributed by atoms with E-state index in [-0.39, 0.29) is 19.2 Å². The van der Waals surface area contributed by atoms with Crippen LogP contribution in [0, 0.1) is 0 Å². The molecule has 0 bridgehead atoms. The molecule has 0 aromatic heterocycles. The van der Waals surface area contributed by atoms with Gasteiger partial charge in [-0.05, 0) is 12.7 Å². The second-order valence-corrected chi connectivity index (χ2v) is 4.49. The van der Waals surface area contributed by atoms with Crippen molar-refractivity contribution in [1.82, 2.24) is 0 Å². The zero-order valence-corrected chi connectivity index (χ0v) is 10.9. The number of rotatable bonds is 10. The van der Waals surface area contributed by atoms with Gasteiger partial charge in [-0.2, -0.15) is 11.8 Å². The van der Waals surface area contributed by atoms with Gasteiger partial charge in [0, 0.05) is 12.4 Å². The number of aliphatic hydroxyl groups excluding tert-OH is 1. The third-order valence-corrected chi connectivity index (χ3v) is 2.51. The minimum absolute atomic E-state index is 0.0271. The van der Waals surface area contributed by atoms with Crippen LogP contribution in [0.3, 0.4) is 0 Å². The summed E-state index contributed by atoms with van der Waals surface area (Å²) in [6.07, 6.45) is 3.67. The fourth-order valence-corrected chi connectivity index (χ4v) is 1.33. The van der Waals surface area contributed by atoms with Gasteiger partial charge in [0.05, 0.1) is 13.0 Å². The lowest BCUT2D eigenvalue weighted by atomic mass is 10.3. The largest absolute Gasteiger partial charge is 0.463 e. The SMILES string of the molecule is CCCCOCC(O)COC(=O)CCSC. The predicted molar refractivity (Wildman–Crippen MR) is 65.7 cm³/mol. The van der Waals surface area contributed by atoms with Crippen LogP contribution < -0.4 is 0 Å². The van der Waals surface area contributed by atoms with Gasteiger partial charge in [-0.15, -0.1) is 0 Å². The lowest BCUT2D eigenvalue weighted by molar-refractivity contribution is -0.147. The van der Waals surface area contributed by atoms with E-state index in [2.05, 4.69) is 6.92 Å². The highest BCUT2D eigenvalue weighted by molar-refractivity contribution is 7.98. The Morgan fingerprint density at radius 1 is 1.44 bits per heavy atom. The molecule has 0 heterocycles. The summed E-state index contributed by atoms with van der Waals surface area (Å²) in [5.74, 6) is 0.490. The molecule has 16 heavy (non-hydrogen) atoms. The second kappa shape index (κ2) is 11.2. The van der Waals surface area contributed by atoms with Crippen molar-refractivity contribution in [2.24, 2.45) is 0 Å². The van der Waals surface area contributed by atoms with E-state index in [9.17, 15) is 9.90 Å². The van der Waals surface area contributed by atoms with Crippen LogP contribution in [0.5, 0.6) is 0 Å². The summed E-state index contributed by atoms with van der Waals surface area (Å²) < 4.78 is 10.1. The van der Waals surface area contributed by atoms with E-state index in [0.717, 1.165) is 18.6 Å². The summed E-state index contributed by atoms with van der Waals surface area (Å²) in [5.41, 5.74) is 0. The Labute approximate surface area is 102 Å². The number of hydrogen-bond donors (Lipinski definition) is 1. The maximum absolute atomic E-state index is 11.1. The van der Waals surface area contributed by atoms with Gasteiger partial charge in [0.25, 0.3) is 0 Å². The summed E-state index contributed by atoms with van der Waals surface area (Å²) >= 11 is 1.60. The summed E-state index contributed by atoms with van der Waals surface area (Å²) in [5, 5.41) is 9.42. The van der Waals surface area contributed by atoms with E-state index in [1.165, 1.54) is 0 Å². The monoisotopic (exact) mass is 250 g/mol. The highest BCUT2D eigenvalue weighted by Gasteiger charge is 2.08. The smallest absolute Gasteiger partial charge is 0.306 e. The van der Waals surface area contributed by atoms with Crippen LogP contribution in [0.15, 0.2) is 0 Å². The fourth-order valence-electron chi connectivity index (χ4n) is 0.961. The first-order chi connectivity index (χ1) is 7.70. The van der Waals surface area contributed by atoms with Crippen molar-refractivity contribution >= 4 is 17.7 Å². The van der Waals surface area contributed by atoms with Crippen LogP contribution in [0.4, 0.5) is 0 Å². The van der Waals surface area contributed by atoms with Gasteiger partial charge in [0.1, 0.15) is 12.7 Å². The van der Waals surface area contributed by atoms with Crippen molar-refractivity contribution < 1.29 is 19.4 Å². The Kier molecular flexibility index (Phi) is 11.0. The molecule has 0 aliphatic heterocycles. The van der Waals surface area contributed by atoms with Crippen molar-refractivity contribution in [3.05, 3.63) is 0 Å². The molecule has 1 atom stereocenters. The van der Waals surface area contributed by atoms with Crippen LogP contribution in [-0.4, -0.2) is 49.0 Å². The third kappa shape index (κ3) is 10.3. The molecular formula is C11H22O4S. The van der Waals surface area contributed by atoms with Gasteiger partial charge in [-0.3, -0.25) is 4.79 Å². The quantitative estimate of drug-likeness (QED) is 0.470. The van der Waals surface area contributed by atoms with Crippen LogP contribution in [0.25, 0.3) is 0 Å². The molecule has 1 unspecified atom stereocenters. The van der Waals surface area contributed by atoms with Crippen molar-refractivity contribution in [2.75, 3.05) is 31.8 Å². The third-order valence-electron chi connectivity index (χ3n) is 1.90. The standard InChI is InChI=1S/C11H22O4S/c1-3-4-6-14-8-10(12)9-15-11(13)5-7-16-2/h10,12H,3-9H2,1-2H3. The van der Waals surface area contributed by atoms with E-state index in [4.69, 9.17) is 9.47 Å². The van der Waals surface area contributed by atoms with Gasteiger partial charge in [-0.1, -0.05) is 13.3 Å². The molecule has 0 aromatic carbocycles. The minimum Gasteiger partial charge on any atom is -0.463 e. The van der Waals surface area contributed by atoms with Gasteiger partial charge in [-0.25, -0.2) is 0 Å². The molecule has 4 nitrogen and oxygen atoms in total. The lowest BCUT2D eigenvalue weighted by Crippen LogP contribution is -2.24. The van der Waals surface area contributed by atoms with Gasteiger partial charge >= 0.3 is 5.97 Å². The van der Waals surface area contributed by atoms with Gasteiger partial charge < -0.3 is 14.6 Å². The molecule has 96 valence electrons. The molecule has 0 amide bonds. The summed E-state index contributed by atoms with van der Waals surface area (Å²) in [6.45, 7) is 2.98. The van der Waals surface area contributed by atoms with Crippen LogP contribution in [-0.2, 0) is 14.3 Å². The van der Waals surface area contributed by atoms with Crippen LogP contribution in [0.1, 0.15) is 26.2 Å². The normalized spacial score (nSPS) is 12.4. The molecule has 0 saturated heterocycles. The number of thioether (sulfide) groups is 1. The molecule has 0 aliphatic carbocycles. The van der Waals surface area contributed by atoms with E-state index < -0.39 is 6.10 Å². The Morgan fingerprint density at radius 3 is 2.81 bits per heavy atom. The summed E-state index contributed by atoms with van der Waals surface area (Å²) in [6, 6.07) is 0. The van der Waals surface area contributed by atoms with Crippen molar-refractivity contribution in [3.63, 3.8) is 0 Å². The van der Waals surface area contributed by atoms with Gasteiger partial charge in [0.2, 0.25) is 0 Å². The predicted octanol–water partition coefficient (Wildman–Crippen LogP) is 1.46. The van der Waals surface area contributed by atoms with E-state index in [0.29, 0.717) is 13.0 Å². The number of carbonyl (C=O) groups excluding carboxylic acids is 1. The molecule has 0 spiro atoms. The molecule has 0 radical (unpaired) electrons. The van der Waals surface area contributed by atoms with E-state index in [1.807, 2.05) is 6.26 Å². The fraction of sp³-hybridized carbons (Fsp3) is 0.909. The zero-order chi connectivity index (χ0) is 12.2. The Hall–Kier alpha value is -0.260. The molecular weight excluding hydrogens is 228 g/mol. The molecule has 1 N–H and O–H groups in total. The Bertz CT molecular complexity index is 175. The number of unbranched alkanes of at least 4 members (excludes halogenated alkanes) is 1. The molecule has 0 fully saturated rings. The number of aliphatic hydroxyl groups is 1. The molecule has 5 heteroatoms. The first kappa shape index (κ1) is 15.7. The average molecular weight is 250 g/mol. The zero-order valence-electron chi connectivity index (χ0n) is 10.1. The second-order valence-electron chi connectivity index (χ2n) is 3.51. The average Bonchev–Trinajstić information content (AvgIpc) is 2.29. The Balaban J connectivity index is 3.34. The maximum Gasteiger partial charge on any atom is 0.306 e. The Morgan fingerprint density at radius 2 is 2.19 bits per heavy atom.